The van der Waals surface area contributed by atoms with E-state index in [1.807, 2.05) is 0 Å². The number of hydrogen-bond acceptors (Lipinski definition) is 5. The molecule has 0 amide bonds. The Morgan fingerprint density at radius 2 is 2.04 bits per heavy atom. The second-order valence-corrected chi connectivity index (χ2v) is 7.64. The van der Waals surface area contributed by atoms with Gasteiger partial charge in [0.15, 0.2) is 0 Å². The Morgan fingerprint density at radius 3 is 2.75 bits per heavy atom. The standard InChI is InChI=1S/C19H24N2O3/c1-19-8-7-14-13-6-4-12(24-2)9-11(13)3-5-15(14)16(19)10-17(20-22)18(19)21-23/h4,6,9,14-16,22-23H,3,5,7-8,10H2,1-2H3/b20-17+,21-18+. The zero-order valence-corrected chi connectivity index (χ0v) is 14.2. The van der Waals surface area contributed by atoms with Crippen molar-refractivity contribution in [3.8, 4) is 5.75 Å². The van der Waals surface area contributed by atoms with Crippen LogP contribution in [0.25, 0.3) is 0 Å². The van der Waals surface area contributed by atoms with Gasteiger partial charge >= 0.3 is 0 Å². The lowest BCUT2D eigenvalue weighted by Crippen LogP contribution is -2.42. The highest BCUT2D eigenvalue weighted by Crippen LogP contribution is 2.59. The molecule has 3 aliphatic carbocycles. The summed E-state index contributed by atoms with van der Waals surface area (Å²) in [7, 11) is 1.71. The van der Waals surface area contributed by atoms with Gasteiger partial charge in [-0.2, -0.15) is 0 Å². The number of methoxy groups -OCH3 is 1. The van der Waals surface area contributed by atoms with Crippen LogP contribution in [0.2, 0.25) is 0 Å². The molecule has 0 aliphatic heterocycles. The van der Waals surface area contributed by atoms with E-state index in [0.29, 0.717) is 35.6 Å². The first-order chi connectivity index (χ1) is 11.6. The summed E-state index contributed by atoms with van der Waals surface area (Å²) in [5, 5.41) is 25.7. The summed E-state index contributed by atoms with van der Waals surface area (Å²) in [6, 6.07) is 6.46. The SMILES string of the molecule is COc1ccc2c(c1)CCC1C2CCC2(C)C(=N/O)/C(=N/O)CC12. The number of fused-ring (bicyclic) bond motifs is 5. The third kappa shape index (κ3) is 2.00. The monoisotopic (exact) mass is 328 g/mol. The molecule has 2 saturated carbocycles. The summed E-state index contributed by atoms with van der Waals surface area (Å²) < 4.78 is 5.37. The largest absolute Gasteiger partial charge is 0.497 e. The predicted molar refractivity (Wildman–Crippen MR) is 91.4 cm³/mol. The molecule has 4 atom stereocenters. The van der Waals surface area contributed by atoms with Gasteiger partial charge < -0.3 is 15.2 Å². The van der Waals surface area contributed by atoms with Crippen molar-refractivity contribution in [1.82, 2.24) is 0 Å². The molecule has 5 nitrogen and oxygen atoms in total. The third-order valence-electron chi connectivity index (χ3n) is 6.77. The minimum absolute atomic E-state index is 0.179. The van der Waals surface area contributed by atoms with Gasteiger partial charge in [-0.05, 0) is 73.1 Å². The molecule has 4 rings (SSSR count). The van der Waals surface area contributed by atoms with Crippen LogP contribution in [-0.2, 0) is 6.42 Å². The Balaban J connectivity index is 1.72. The molecule has 0 spiro atoms. The van der Waals surface area contributed by atoms with Crippen LogP contribution in [-0.4, -0.2) is 28.9 Å². The Hall–Kier alpha value is -2.04. The maximum absolute atomic E-state index is 9.47. The lowest BCUT2D eigenvalue weighted by atomic mass is 9.55. The molecule has 0 bridgehead atoms. The fraction of sp³-hybridized carbons (Fsp3) is 0.579. The molecule has 0 radical (unpaired) electrons. The summed E-state index contributed by atoms with van der Waals surface area (Å²) in [5.41, 5.74) is 3.83. The molecule has 1 aromatic rings. The topological polar surface area (TPSA) is 74.4 Å². The predicted octanol–water partition coefficient (Wildman–Crippen LogP) is 3.82. The van der Waals surface area contributed by atoms with Crippen molar-refractivity contribution < 1.29 is 15.2 Å². The van der Waals surface area contributed by atoms with Gasteiger partial charge in [0.05, 0.1) is 7.11 Å². The van der Waals surface area contributed by atoms with Crippen molar-refractivity contribution in [3.05, 3.63) is 29.3 Å². The summed E-state index contributed by atoms with van der Waals surface area (Å²) >= 11 is 0. The van der Waals surface area contributed by atoms with E-state index in [9.17, 15) is 10.4 Å². The fourth-order valence-electron chi connectivity index (χ4n) is 5.57. The number of oxime groups is 2. The molecule has 2 fully saturated rings. The van der Waals surface area contributed by atoms with Gasteiger partial charge in [-0.1, -0.05) is 23.3 Å². The molecule has 3 aliphatic rings. The molecule has 2 N–H and O–H groups in total. The minimum atomic E-state index is -0.179. The van der Waals surface area contributed by atoms with Crippen molar-refractivity contribution in [2.75, 3.05) is 7.11 Å². The lowest BCUT2D eigenvalue weighted by Gasteiger charge is -2.48. The van der Waals surface area contributed by atoms with Gasteiger partial charge in [-0.25, -0.2) is 0 Å². The molecule has 0 aromatic heterocycles. The second-order valence-electron chi connectivity index (χ2n) is 7.64. The van der Waals surface area contributed by atoms with Crippen LogP contribution in [0, 0.1) is 17.3 Å². The maximum atomic E-state index is 9.47. The van der Waals surface area contributed by atoms with Crippen LogP contribution < -0.4 is 4.74 Å². The van der Waals surface area contributed by atoms with Crippen molar-refractivity contribution in [2.24, 2.45) is 27.6 Å². The zero-order valence-electron chi connectivity index (χ0n) is 14.2. The highest BCUT2D eigenvalue weighted by Gasteiger charge is 2.56. The first kappa shape index (κ1) is 15.5. The summed E-state index contributed by atoms with van der Waals surface area (Å²) in [6.07, 6.45) is 4.93. The number of nitrogens with zero attached hydrogens (tertiary/aromatic N) is 2. The molecule has 0 heterocycles. The van der Waals surface area contributed by atoms with E-state index in [2.05, 4.69) is 35.4 Å². The van der Waals surface area contributed by atoms with Gasteiger partial charge in [0.1, 0.15) is 17.2 Å². The maximum Gasteiger partial charge on any atom is 0.119 e. The van der Waals surface area contributed by atoms with E-state index in [1.54, 1.807) is 7.11 Å². The van der Waals surface area contributed by atoms with Crippen molar-refractivity contribution in [3.63, 3.8) is 0 Å². The number of aryl methyl sites for hydroxylation is 1. The zero-order chi connectivity index (χ0) is 16.9. The quantitative estimate of drug-likeness (QED) is 0.608. The fourth-order valence-corrected chi connectivity index (χ4v) is 5.57. The van der Waals surface area contributed by atoms with E-state index in [1.165, 1.54) is 11.1 Å². The molecule has 5 heteroatoms. The van der Waals surface area contributed by atoms with Crippen LogP contribution in [0.1, 0.15) is 49.7 Å². The smallest absolute Gasteiger partial charge is 0.119 e. The first-order valence-corrected chi connectivity index (χ1v) is 8.73. The van der Waals surface area contributed by atoms with E-state index in [-0.39, 0.29) is 5.41 Å². The van der Waals surface area contributed by atoms with Gasteiger partial charge in [-0.15, -0.1) is 0 Å². The van der Waals surface area contributed by atoms with Crippen molar-refractivity contribution >= 4 is 11.4 Å². The summed E-state index contributed by atoms with van der Waals surface area (Å²) in [5.74, 6) is 2.39. The van der Waals surface area contributed by atoms with Crippen LogP contribution >= 0.6 is 0 Å². The van der Waals surface area contributed by atoms with E-state index < -0.39 is 0 Å². The molecule has 4 unspecified atom stereocenters. The van der Waals surface area contributed by atoms with Crippen LogP contribution in [0.3, 0.4) is 0 Å². The number of hydrogen-bond donors (Lipinski definition) is 2. The molecule has 128 valence electrons. The second kappa shape index (κ2) is 5.50. The molecular formula is C19H24N2O3. The van der Waals surface area contributed by atoms with Gasteiger partial charge in [0.2, 0.25) is 0 Å². The normalized spacial score (nSPS) is 37.8. The average molecular weight is 328 g/mol. The van der Waals surface area contributed by atoms with Crippen LogP contribution in [0.4, 0.5) is 0 Å². The lowest BCUT2D eigenvalue weighted by molar-refractivity contribution is 0.0963. The van der Waals surface area contributed by atoms with E-state index in [4.69, 9.17) is 4.74 Å². The number of rotatable bonds is 1. The molecule has 1 aromatic carbocycles. The highest BCUT2D eigenvalue weighted by atomic mass is 16.5. The average Bonchev–Trinajstić information content (AvgIpc) is 2.92. The molecule has 0 saturated heterocycles. The molecular weight excluding hydrogens is 304 g/mol. The van der Waals surface area contributed by atoms with Gasteiger partial charge in [0, 0.05) is 5.41 Å². The summed E-state index contributed by atoms with van der Waals surface area (Å²) in [6.45, 7) is 2.17. The Kier molecular flexibility index (Phi) is 3.55. The Bertz CT molecular complexity index is 727. The van der Waals surface area contributed by atoms with Gasteiger partial charge in [0.25, 0.3) is 0 Å². The highest BCUT2D eigenvalue weighted by molar-refractivity contribution is 6.46. The van der Waals surface area contributed by atoms with Crippen molar-refractivity contribution in [2.45, 2.75) is 44.9 Å². The third-order valence-corrected chi connectivity index (χ3v) is 6.77. The summed E-state index contributed by atoms with van der Waals surface area (Å²) in [4.78, 5) is 0. The van der Waals surface area contributed by atoms with Crippen LogP contribution in [0.15, 0.2) is 28.5 Å². The van der Waals surface area contributed by atoms with E-state index >= 15 is 0 Å². The number of ether oxygens (including phenoxy) is 1. The van der Waals surface area contributed by atoms with Crippen molar-refractivity contribution in [1.29, 1.82) is 0 Å². The first-order valence-electron chi connectivity index (χ1n) is 8.73. The number of benzene rings is 1. The molecule has 24 heavy (non-hydrogen) atoms. The Labute approximate surface area is 142 Å². The Morgan fingerprint density at radius 1 is 1.21 bits per heavy atom. The van der Waals surface area contributed by atoms with Gasteiger partial charge in [-0.3, -0.25) is 0 Å². The van der Waals surface area contributed by atoms with E-state index in [0.717, 1.165) is 31.4 Å². The van der Waals surface area contributed by atoms with Crippen LogP contribution in [0.5, 0.6) is 5.75 Å². The minimum Gasteiger partial charge on any atom is -0.497 e.